The number of amides is 2. The molecule has 0 unspecified atom stereocenters. The van der Waals surface area contributed by atoms with Crippen LogP contribution in [0.3, 0.4) is 0 Å². The van der Waals surface area contributed by atoms with Crippen molar-refractivity contribution >= 4 is 6.03 Å². The summed E-state index contributed by atoms with van der Waals surface area (Å²) in [5, 5.41) is 4.80. The molecule has 24 heavy (non-hydrogen) atoms. The Kier molecular flexibility index (Phi) is 5.24. The van der Waals surface area contributed by atoms with Crippen molar-refractivity contribution in [3.63, 3.8) is 0 Å². The Bertz CT molecular complexity index is 581. The number of rotatable bonds is 4. The number of hydrogen-bond donors (Lipinski definition) is 2. The molecule has 1 aromatic rings. The molecular weight excluding hydrogens is 340 g/mol. The van der Waals surface area contributed by atoms with E-state index < -0.39 is 36.8 Å². The number of carbonyl (C=O) groups excluding carboxylic acids is 1. The summed E-state index contributed by atoms with van der Waals surface area (Å²) in [5.41, 5.74) is 0.246. The Morgan fingerprint density at radius 3 is 2.46 bits per heavy atom. The van der Waals surface area contributed by atoms with Crippen molar-refractivity contribution in [3.8, 4) is 0 Å². The molecule has 134 valence electrons. The number of halogens is 6. The molecule has 1 saturated carbocycles. The van der Waals surface area contributed by atoms with Crippen LogP contribution in [0.2, 0.25) is 0 Å². The zero-order valence-corrected chi connectivity index (χ0v) is 12.3. The third-order valence-electron chi connectivity index (χ3n) is 3.65. The average Bonchev–Trinajstić information content (AvgIpc) is 2.37. The first-order valence-corrected chi connectivity index (χ1v) is 7.14. The van der Waals surface area contributed by atoms with Crippen LogP contribution >= 0.6 is 0 Å². The topological polar surface area (TPSA) is 54.0 Å². The van der Waals surface area contributed by atoms with Gasteiger partial charge in [-0.15, -0.1) is 0 Å². The maximum Gasteiger partial charge on any atom is 0.394 e. The fourth-order valence-electron chi connectivity index (χ4n) is 2.36. The molecule has 0 spiro atoms. The third-order valence-corrected chi connectivity index (χ3v) is 3.65. The first kappa shape index (κ1) is 18.3. The third kappa shape index (κ3) is 5.57. The van der Waals surface area contributed by atoms with E-state index in [9.17, 15) is 31.1 Å². The van der Waals surface area contributed by atoms with Gasteiger partial charge < -0.3 is 10.6 Å². The van der Waals surface area contributed by atoms with Gasteiger partial charge in [0, 0.05) is 24.5 Å². The average molecular weight is 355 g/mol. The Morgan fingerprint density at radius 1 is 1.21 bits per heavy atom. The van der Waals surface area contributed by atoms with E-state index in [2.05, 4.69) is 15.6 Å². The number of pyridine rings is 1. The van der Waals surface area contributed by atoms with Crippen LogP contribution in [0.15, 0.2) is 18.3 Å². The second kappa shape index (κ2) is 6.86. The Balaban J connectivity index is 1.76. The normalized spacial score (nSPS) is 21.1. The standard InChI is InChI=1S/C14H15F6N3O/c15-13(16,17)6-11-3-8(1-2-21-11)7-22-12(24)23-10-4-9(5-10)14(18,19)20/h1-3,9-10H,4-7H2,(H2,22,23,24). The van der Waals surface area contributed by atoms with Crippen molar-refractivity contribution in [2.24, 2.45) is 5.92 Å². The van der Waals surface area contributed by atoms with Gasteiger partial charge in [0.15, 0.2) is 0 Å². The fraction of sp³-hybridized carbons (Fsp3) is 0.571. The van der Waals surface area contributed by atoms with Gasteiger partial charge in [0.25, 0.3) is 0 Å². The molecule has 0 aromatic carbocycles. The summed E-state index contributed by atoms with van der Waals surface area (Å²) in [5.74, 6) is -1.40. The predicted molar refractivity (Wildman–Crippen MR) is 71.9 cm³/mol. The summed E-state index contributed by atoms with van der Waals surface area (Å²) in [6.07, 6.45) is -8.93. The molecule has 2 rings (SSSR count). The van der Waals surface area contributed by atoms with E-state index in [1.807, 2.05) is 0 Å². The van der Waals surface area contributed by atoms with Crippen LogP contribution in [-0.2, 0) is 13.0 Å². The molecule has 2 N–H and O–H groups in total. The van der Waals surface area contributed by atoms with Crippen LogP contribution in [0.5, 0.6) is 0 Å². The molecule has 2 amide bonds. The summed E-state index contributed by atoms with van der Waals surface area (Å²) in [4.78, 5) is 15.2. The zero-order valence-electron chi connectivity index (χ0n) is 12.3. The smallest absolute Gasteiger partial charge is 0.335 e. The van der Waals surface area contributed by atoms with E-state index in [1.165, 1.54) is 18.3 Å². The van der Waals surface area contributed by atoms with Crippen molar-refractivity contribution in [2.75, 3.05) is 0 Å². The lowest BCUT2D eigenvalue weighted by molar-refractivity contribution is -0.198. The number of carbonyl (C=O) groups is 1. The number of urea groups is 1. The van der Waals surface area contributed by atoms with Gasteiger partial charge in [-0.25, -0.2) is 4.79 Å². The SMILES string of the molecule is O=C(NCc1ccnc(CC(F)(F)F)c1)NC1CC(C(F)(F)F)C1. The Hall–Kier alpha value is -2.00. The Morgan fingerprint density at radius 2 is 1.88 bits per heavy atom. The fourth-order valence-corrected chi connectivity index (χ4v) is 2.36. The number of nitrogens with one attached hydrogen (secondary N) is 2. The minimum Gasteiger partial charge on any atom is -0.335 e. The molecule has 1 aromatic heterocycles. The van der Waals surface area contributed by atoms with Gasteiger partial charge in [-0.05, 0) is 30.5 Å². The van der Waals surface area contributed by atoms with Crippen molar-refractivity contribution in [1.82, 2.24) is 15.6 Å². The summed E-state index contributed by atoms with van der Waals surface area (Å²) in [6.45, 7) is -0.0470. The van der Waals surface area contributed by atoms with E-state index in [0.29, 0.717) is 5.56 Å². The van der Waals surface area contributed by atoms with E-state index >= 15 is 0 Å². The van der Waals surface area contributed by atoms with Gasteiger partial charge in [0.1, 0.15) is 0 Å². The van der Waals surface area contributed by atoms with Crippen LogP contribution in [0.1, 0.15) is 24.1 Å². The molecule has 0 aliphatic heterocycles. The van der Waals surface area contributed by atoms with Crippen LogP contribution in [0, 0.1) is 5.92 Å². The first-order valence-electron chi connectivity index (χ1n) is 7.14. The number of hydrogen-bond acceptors (Lipinski definition) is 2. The molecule has 0 bridgehead atoms. The van der Waals surface area contributed by atoms with E-state index in [-0.39, 0.29) is 25.1 Å². The Labute approximate surface area is 133 Å². The molecule has 1 heterocycles. The minimum absolute atomic E-state index is 0.0470. The monoisotopic (exact) mass is 355 g/mol. The lowest BCUT2D eigenvalue weighted by atomic mass is 9.80. The second-order valence-corrected chi connectivity index (χ2v) is 5.68. The first-order chi connectivity index (χ1) is 11.0. The molecule has 0 saturated heterocycles. The quantitative estimate of drug-likeness (QED) is 0.814. The van der Waals surface area contributed by atoms with Gasteiger partial charge in [-0.2, -0.15) is 26.3 Å². The van der Waals surface area contributed by atoms with Crippen LogP contribution in [0.25, 0.3) is 0 Å². The highest BCUT2D eigenvalue weighted by Gasteiger charge is 2.48. The van der Waals surface area contributed by atoms with Crippen molar-refractivity contribution < 1.29 is 31.1 Å². The molecule has 0 radical (unpaired) electrons. The van der Waals surface area contributed by atoms with Crippen LogP contribution in [-0.4, -0.2) is 29.4 Å². The van der Waals surface area contributed by atoms with Gasteiger partial charge in [0.2, 0.25) is 0 Å². The molecule has 0 atom stereocenters. The van der Waals surface area contributed by atoms with Crippen LogP contribution in [0.4, 0.5) is 31.1 Å². The molecular formula is C14H15F6N3O. The predicted octanol–water partition coefficient (Wildman–Crippen LogP) is 3.33. The van der Waals surface area contributed by atoms with Crippen LogP contribution < -0.4 is 10.6 Å². The molecule has 10 heteroatoms. The molecule has 1 aliphatic carbocycles. The summed E-state index contributed by atoms with van der Waals surface area (Å²) >= 11 is 0. The van der Waals surface area contributed by atoms with Gasteiger partial charge in [0.05, 0.1) is 12.3 Å². The second-order valence-electron chi connectivity index (χ2n) is 5.68. The lowest BCUT2D eigenvalue weighted by Gasteiger charge is -2.36. The van der Waals surface area contributed by atoms with Crippen molar-refractivity contribution in [3.05, 3.63) is 29.6 Å². The largest absolute Gasteiger partial charge is 0.394 e. The van der Waals surface area contributed by atoms with Gasteiger partial charge in [-0.1, -0.05) is 0 Å². The number of nitrogens with zero attached hydrogens (tertiary/aromatic N) is 1. The highest BCUT2D eigenvalue weighted by atomic mass is 19.4. The summed E-state index contributed by atoms with van der Waals surface area (Å²) < 4.78 is 73.8. The van der Waals surface area contributed by atoms with Gasteiger partial charge in [-0.3, -0.25) is 4.98 Å². The summed E-state index contributed by atoms with van der Waals surface area (Å²) in [6, 6.07) is 1.46. The minimum atomic E-state index is -4.38. The van der Waals surface area contributed by atoms with E-state index in [1.54, 1.807) is 0 Å². The van der Waals surface area contributed by atoms with Crippen molar-refractivity contribution in [2.45, 2.75) is 44.2 Å². The van der Waals surface area contributed by atoms with Crippen molar-refractivity contribution in [1.29, 1.82) is 0 Å². The highest BCUT2D eigenvalue weighted by Crippen LogP contribution is 2.40. The molecule has 1 fully saturated rings. The van der Waals surface area contributed by atoms with E-state index in [0.717, 1.165) is 0 Å². The number of aromatic nitrogens is 1. The maximum absolute atomic E-state index is 12.3. The highest BCUT2D eigenvalue weighted by molar-refractivity contribution is 5.74. The maximum atomic E-state index is 12.3. The molecule has 1 aliphatic rings. The lowest BCUT2D eigenvalue weighted by Crippen LogP contribution is -2.51. The number of alkyl halides is 6. The van der Waals surface area contributed by atoms with Gasteiger partial charge >= 0.3 is 18.4 Å². The molecule has 4 nitrogen and oxygen atoms in total. The summed E-state index contributed by atoms with van der Waals surface area (Å²) in [7, 11) is 0. The zero-order chi connectivity index (χ0) is 18.0. The van der Waals surface area contributed by atoms with E-state index in [4.69, 9.17) is 0 Å².